The summed E-state index contributed by atoms with van der Waals surface area (Å²) in [6, 6.07) is 16.7. The Kier molecular flexibility index (Phi) is 8.48. The third-order valence-electron chi connectivity index (χ3n) is 6.19. The van der Waals surface area contributed by atoms with E-state index in [9.17, 15) is 22.8 Å². The van der Waals surface area contributed by atoms with Crippen LogP contribution in [0.2, 0.25) is 0 Å². The van der Waals surface area contributed by atoms with Crippen LogP contribution in [0.1, 0.15) is 20.8 Å². The fourth-order valence-electron chi connectivity index (χ4n) is 4.02. The first-order valence-electron chi connectivity index (χ1n) is 12.1. The van der Waals surface area contributed by atoms with Gasteiger partial charge in [0.1, 0.15) is 5.75 Å². The normalized spacial score (nSPS) is 14.6. The number of nitrogens with zero attached hydrogens (tertiary/aromatic N) is 2. The number of ether oxygens (including phenoxy) is 1. The first kappa shape index (κ1) is 27.3. The monoisotopic (exact) mass is 555 g/mol. The molecule has 3 amide bonds. The number of aryl methyl sites for hydroxylation is 2. The third kappa shape index (κ3) is 6.40. The predicted molar refractivity (Wildman–Crippen MR) is 144 cm³/mol. The number of amides is 3. The Labute approximate surface area is 225 Å². The lowest BCUT2D eigenvalue weighted by Crippen LogP contribution is -2.58. The third-order valence-corrected chi connectivity index (χ3v) is 8.93. The van der Waals surface area contributed by atoms with Crippen molar-refractivity contribution in [1.29, 1.82) is 0 Å². The van der Waals surface area contributed by atoms with Crippen molar-refractivity contribution in [3.05, 3.63) is 82.0 Å². The Hall–Kier alpha value is -3.70. The summed E-state index contributed by atoms with van der Waals surface area (Å²) in [5, 5.41) is 2.33. The number of carbonyl (C=O) groups excluding carboxylic acids is 3. The summed E-state index contributed by atoms with van der Waals surface area (Å²) < 4.78 is 32.6. The van der Waals surface area contributed by atoms with Crippen molar-refractivity contribution >= 4 is 38.9 Å². The van der Waals surface area contributed by atoms with Gasteiger partial charge in [0.25, 0.3) is 17.7 Å². The van der Waals surface area contributed by atoms with Crippen LogP contribution in [0, 0.1) is 13.8 Å². The molecule has 0 spiro atoms. The SMILES string of the molecule is Cc1ccc(S(=O)(=O)C(NC(=O)c2cccs2)C(=O)N2CCN(C(=O)COc3cccc(C)c3)CC2)cc1. The van der Waals surface area contributed by atoms with Gasteiger partial charge in [-0.3, -0.25) is 14.4 Å². The van der Waals surface area contributed by atoms with Crippen LogP contribution in [-0.2, 0) is 19.4 Å². The molecule has 1 aliphatic heterocycles. The molecule has 1 atom stereocenters. The van der Waals surface area contributed by atoms with E-state index in [1.165, 1.54) is 17.0 Å². The lowest BCUT2D eigenvalue weighted by Gasteiger charge is -2.36. The summed E-state index contributed by atoms with van der Waals surface area (Å²) >= 11 is 1.15. The highest BCUT2D eigenvalue weighted by Gasteiger charge is 2.39. The molecule has 0 bridgehead atoms. The van der Waals surface area contributed by atoms with Crippen molar-refractivity contribution in [1.82, 2.24) is 15.1 Å². The topological polar surface area (TPSA) is 113 Å². The Morgan fingerprint density at radius 2 is 1.61 bits per heavy atom. The average Bonchev–Trinajstić information content (AvgIpc) is 3.45. The minimum atomic E-state index is -4.24. The van der Waals surface area contributed by atoms with Gasteiger partial charge < -0.3 is 19.9 Å². The number of hydrogen-bond donors (Lipinski definition) is 1. The van der Waals surface area contributed by atoms with Crippen molar-refractivity contribution in [3.8, 4) is 5.75 Å². The maximum absolute atomic E-state index is 13.5. The average molecular weight is 556 g/mol. The summed E-state index contributed by atoms with van der Waals surface area (Å²) in [7, 11) is -4.24. The minimum Gasteiger partial charge on any atom is -0.484 e. The maximum Gasteiger partial charge on any atom is 0.262 e. The fraction of sp³-hybridized carbons (Fsp3) is 0.296. The van der Waals surface area contributed by atoms with E-state index in [1.807, 2.05) is 32.0 Å². The molecule has 4 rings (SSSR count). The molecule has 11 heteroatoms. The molecule has 0 aliphatic carbocycles. The molecule has 2 aromatic carbocycles. The van der Waals surface area contributed by atoms with Gasteiger partial charge in [-0.1, -0.05) is 35.9 Å². The van der Waals surface area contributed by atoms with E-state index in [0.717, 1.165) is 22.5 Å². The molecular formula is C27H29N3O6S2. The van der Waals surface area contributed by atoms with Crippen molar-refractivity contribution in [3.63, 3.8) is 0 Å². The second-order valence-corrected chi connectivity index (χ2v) is 12.0. The summed E-state index contributed by atoms with van der Waals surface area (Å²) in [6.07, 6.45) is 0. The van der Waals surface area contributed by atoms with E-state index in [0.29, 0.717) is 10.6 Å². The van der Waals surface area contributed by atoms with Crippen LogP contribution in [0.3, 0.4) is 0 Å². The van der Waals surface area contributed by atoms with E-state index in [4.69, 9.17) is 4.74 Å². The van der Waals surface area contributed by atoms with Gasteiger partial charge in [0.15, 0.2) is 6.61 Å². The highest BCUT2D eigenvalue weighted by molar-refractivity contribution is 7.92. The zero-order valence-electron chi connectivity index (χ0n) is 21.1. The van der Waals surface area contributed by atoms with Gasteiger partial charge >= 0.3 is 0 Å². The van der Waals surface area contributed by atoms with Gasteiger partial charge in [0.05, 0.1) is 9.77 Å². The molecule has 1 N–H and O–H groups in total. The number of benzene rings is 2. The van der Waals surface area contributed by atoms with E-state index in [-0.39, 0.29) is 43.6 Å². The zero-order valence-corrected chi connectivity index (χ0v) is 22.8. The smallest absolute Gasteiger partial charge is 0.262 e. The standard InChI is InChI=1S/C27H29N3O6S2/c1-19-8-10-22(11-9-19)38(34,35)26(28-25(32)23-7-4-16-37-23)27(33)30-14-12-29(13-15-30)24(31)18-36-21-6-3-5-20(2)17-21/h3-11,16-17,26H,12-15,18H2,1-2H3,(H,28,32). The Morgan fingerprint density at radius 3 is 2.24 bits per heavy atom. The fourth-order valence-corrected chi connectivity index (χ4v) is 6.11. The number of sulfone groups is 1. The van der Waals surface area contributed by atoms with E-state index >= 15 is 0 Å². The second-order valence-electron chi connectivity index (χ2n) is 9.00. The molecule has 3 aromatic rings. The van der Waals surface area contributed by atoms with Gasteiger partial charge in [-0.2, -0.15) is 0 Å². The number of rotatable bonds is 8. The molecule has 38 heavy (non-hydrogen) atoms. The molecule has 1 aliphatic rings. The van der Waals surface area contributed by atoms with Crippen molar-refractivity contribution in [2.75, 3.05) is 32.8 Å². The van der Waals surface area contributed by atoms with Gasteiger partial charge in [0.2, 0.25) is 15.2 Å². The Bertz CT molecular complexity index is 1400. The lowest BCUT2D eigenvalue weighted by atomic mass is 10.2. The summed E-state index contributed by atoms with van der Waals surface area (Å²) in [6.45, 7) is 4.31. The molecule has 200 valence electrons. The van der Waals surface area contributed by atoms with Crippen LogP contribution in [0.4, 0.5) is 0 Å². The van der Waals surface area contributed by atoms with Crippen molar-refractivity contribution in [2.24, 2.45) is 0 Å². The van der Waals surface area contributed by atoms with Gasteiger partial charge in [-0.15, -0.1) is 11.3 Å². The van der Waals surface area contributed by atoms with Crippen LogP contribution < -0.4 is 10.1 Å². The summed E-state index contributed by atoms with van der Waals surface area (Å²) in [5.74, 6) is -1.01. The first-order chi connectivity index (χ1) is 18.1. The van der Waals surface area contributed by atoms with Crippen LogP contribution in [-0.4, -0.2) is 74.1 Å². The highest BCUT2D eigenvalue weighted by atomic mass is 32.2. The Balaban J connectivity index is 1.44. The van der Waals surface area contributed by atoms with Gasteiger partial charge in [-0.25, -0.2) is 8.42 Å². The van der Waals surface area contributed by atoms with Crippen molar-refractivity contribution in [2.45, 2.75) is 24.1 Å². The number of nitrogens with one attached hydrogen (secondary N) is 1. The van der Waals surface area contributed by atoms with Crippen LogP contribution in [0.15, 0.2) is 70.9 Å². The molecule has 0 radical (unpaired) electrons. The van der Waals surface area contributed by atoms with E-state index in [1.54, 1.807) is 40.6 Å². The van der Waals surface area contributed by atoms with Gasteiger partial charge in [0, 0.05) is 26.2 Å². The number of carbonyl (C=O) groups is 3. The molecule has 1 fully saturated rings. The number of hydrogen-bond acceptors (Lipinski definition) is 7. The highest BCUT2D eigenvalue weighted by Crippen LogP contribution is 2.20. The lowest BCUT2D eigenvalue weighted by molar-refractivity contribution is -0.140. The predicted octanol–water partition coefficient (Wildman–Crippen LogP) is 2.64. The summed E-state index contributed by atoms with van der Waals surface area (Å²) in [4.78, 5) is 42.1. The maximum atomic E-state index is 13.5. The molecule has 2 heterocycles. The second kappa shape index (κ2) is 11.8. The molecule has 1 aromatic heterocycles. The molecule has 1 saturated heterocycles. The number of thiophene rings is 1. The molecular weight excluding hydrogens is 526 g/mol. The summed E-state index contributed by atoms with van der Waals surface area (Å²) in [5.41, 5.74) is 1.88. The van der Waals surface area contributed by atoms with Crippen LogP contribution in [0.25, 0.3) is 0 Å². The molecule has 0 saturated carbocycles. The van der Waals surface area contributed by atoms with Crippen LogP contribution >= 0.6 is 11.3 Å². The largest absolute Gasteiger partial charge is 0.484 e. The Morgan fingerprint density at radius 1 is 0.921 bits per heavy atom. The first-order valence-corrected chi connectivity index (χ1v) is 14.5. The van der Waals surface area contributed by atoms with Crippen LogP contribution in [0.5, 0.6) is 5.75 Å². The van der Waals surface area contributed by atoms with Crippen molar-refractivity contribution < 1.29 is 27.5 Å². The van der Waals surface area contributed by atoms with Gasteiger partial charge in [-0.05, 0) is 55.1 Å². The quantitative estimate of drug-likeness (QED) is 0.457. The minimum absolute atomic E-state index is 0.0601. The molecule has 9 nitrogen and oxygen atoms in total. The molecule has 1 unspecified atom stereocenters. The zero-order chi connectivity index (χ0) is 27.3. The van der Waals surface area contributed by atoms with E-state index in [2.05, 4.69) is 5.32 Å². The number of piperazine rings is 1. The van der Waals surface area contributed by atoms with E-state index < -0.39 is 27.0 Å².